The van der Waals surface area contributed by atoms with Gasteiger partial charge in [0.25, 0.3) is 5.91 Å². The molecule has 2 unspecified atom stereocenters. The standard InChI is InChI=1S/C35H42ClF3N6O5/c1-42-22-6-7-23(42)20-24(19-22)43-12-14-44(15-13-43)31(46)29(18-21-16-26(35(37,38)39)30(40)27(36)17-21)49-33(48)45-10-8-34(9-11-45)25-4-2-3-5-28(25)41-32(47)50-34/h2-5,16-17,22-24,29H,6-15,18-20,40H2,1H3,(H,41,47)/t22?,23?,24?,29-/m1/s1. The summed E-state index contributed by atoms with van der Waals surface area (Å²) in [6.45, 7) is 2.49. The molecule has 50 heavy (non-hydrogen) atoms. The zero-order valence-corrected chi connectivity index (χ0v) is 28.6. The van der Waals surface area contributed by atoms with E-state index >= 15 is 0 Å². The van der Waals surface area contributed by atoms with Gasteiger partial charge in [-0.25, -0.2) is 9.59 Å². The molecule has 5 heterocycles. The summed E-state index contributed by atoms with van der Waals surface area (Å²) in [4.78, 5) is 48.1. The Morgan fingerprint density at radius 1 is 1.02 bits per heavy atom. The van der Waals surface area contributed by atoms with Gasteiger partial charge in [-0.1, -0.05) is 29.8 Å². The highest BCUT2D eigenvalue weighted by Gasteiger charge is 2.46. The minimum absolute atomic E-state index is 0.0685. The van der Waals surface area contributed by atoms with Crippen molar-refractivity contribution in [1.29, 1.82) is 0 Å². The Labute approximate surface area is 293 Å². The molecule has 4 fully saturated rings. The molecule has 5 aliphatic rings. The number of piperazine rings is 1. The van der Waals surface area contributed by atoms with Gasteiger partial charge in [0, 0.05) is 82.2 Å². The number of nitrogen functional groups attached to an aromatic ring is 1. The zero-order valence-electron chi connectivity index (χ0n) is 27.9. The molecule has 270 valence electrons. The van der Waals surface area contributed by atoms with Crippen LogP contribution in [-0.4, -0.2) is 108 Å². The maximum absolute atomic E-state index is 14.1. The number of ether oxygens (including phenoxy) is 2. The Bertz CT molecular complexity index is 1630. The fourth-order valence-electron chi connectivity index (χ4n) is 8.59. The fraction of sp³-hybridized carbons (Fsp3) is 0.571. The lowest BCUT2D eigenvalue weighted by atomic mass is 9.82. The van der Waals surface area contributed by atoms with Crippen LogP contribution < -0.4 is 11.1 Å². The van der Waals surface area contributed by atoms with Gasteiger partial charge < -0.3 is 29.9 Å². The molecule has 7 rings (SSSR count). The maximum atomic E-state index is 14.1. The molecule has 1 spiro atoms. The third-order valence-corrected chi connectivity index (χ3v) is 11.7. The number of nitrogens with two attached hydrogens (primary N) is 1. The van der Waals surface area contributed by atoms with E-state index in [-0.39, 0.29) is 30.1 Å². The number of hydrogen-bond acceptors (Lipinski definition) is 8. The second-order valence-corrected chi connectivity index (χ2v) is 14.6. The number of piperidine rings is 2. The van der Waals surface area contributed by atoms with E-state index < -0.39 is 47.2 Å². The molecule has 0 saturated carbocycles. The van der Waals surface area contributed by atoms with Gasteiger partial charge in [0.1, 0.15) is 5.60 Å². The number of nitrogens with zero attached hydrogens (tertiary/aromatic N) is 4. The fourth-order valence-corrected chi connectivity index (χ4v) is 8.83. The van der Waals surface area contributed by atoms with Gasteiger partial charge in [0.15, 0.2) is 6.10 Å². The number of benzene rings is 2. The molecule has 2 aromatic rings. The number of halogens is 4. The molecule has 3 atom stereocenters. The normalized spacial score (nSPS) is 25.9. The van der Waals surface area contributed by atoms with Crippen molar-refractivity contribution in [3.05, 3.63) is 58.1 Å². The van der Waals surface area contributed by atoms with Crippen molar-refractivity contribution in [2.24, 2.45) is 0 Å². The summed E-state index contributed by atoms with van der Waals surface area (Å²) in [6, 6.07) is 11.1. The Balaban J connectivity index is 1.06. The lowest BCUT2D eigenvalue weighted by Crippen LogP contribution is -2.57. The van der Waals surface area contributed by atoms with E-state index in [2.05, 4.69) is 22.2 Å². The molecule has 2 aromatic carbocycles. The van der Waals surface area contributed by atoms with E-state index in [1.807, 2.05) is 18.2 Å². The summed E-state index contributed by atoms with van der Waals surface area (Å²) in [6.07, 6.45) is -2.63. The topological polar surface area (TPSA) is 121 Å². The second kappa shape index (κ2) is 13.4. The van der Waals surface area contributed by atoms with E-state index in [0.717, 1.165) is 24.5 Å². The summed E-state index contributed by atoms with van der Waals surface area (Å²) in [5, 5.41) is 2.41. The van der Waals surface area contributed by atoms with E-state index in [1.54, 1.807) is 11.0 Å². The average Bonchev–Trinajstić information content (AvgIpc) is 3.27. The molecule has 3 amide bonds. The van der Waals surface area contributed by atoms with E-state index in [9.17, 15) is 27.6 Å². The molecule has 2 bridgehead atoms. The van der Waals surface area contributed by atoms with Crippen molar-refractivity contribution in [2.45, 2.75) is 81.0 Å². The number of hydrogen-bond donors (Lipinski definition) is 2. The first-order valence-corrected chi connectivity index (χ1v) is 17.6. The molecule has 3 N–H and O–H groups in total. The van der Waals surface area contributed by atoms with Crippen molar-refractivity contribution in [1.82, 2.24) is 19.6 Å². The van der Waals surface area contributed by atoms with Gasteiger partial charge in [-0.15, -0.1) is 0 Å². The molecule has 5 aliphatic heterocycles. The van der Waals surface area contributed by atoms with Crippen LogP contribution in [-0.2, 0) is 32.5 Å². The predicted molar refractivity (Wildman–Crippen MR) is 180 cm³/mol. The Hall–Kier alpha value is -3.75. The van der Waals surface area contributed by atoms with Crippen molar-refractivity contribution in [3.63, 3.8) is 0 Å². The van der Waals surface area contributed by atoms with Gasteiger partial charge in [-0.3, -0.25) is 15.0 Å². The van der Waals surface area contributed by atoms with Gasteiger partial charge in [-0.05, 0) is 56.5 Å². The predicted octanol–water partition coefficient (Wildman–Crippen LogP) is 5.31. The third kappa shape index (κ3) is 6.69. The summed E-state index contributed by atoms with van der Waals surface area (Å²) in [7, 11) is 2.20. The summed E-state index contributed by atoms with van der Waals surface area (Å²) in [5.41, 5.74) is 4.55. The van der Waals surface area contributed by atoms with Crippen LogP contribution in [0.15, 0.2) is 36.4 Å². The van der Waals surface area contributed by atoms with Gasteiger partial charge in [0.2, 0.25) is 0 Å². The first kappa shape index (κ1) is 34.7. The van der Waals surface area contributed by atoms with E-state index in [4.69, 9.17) is 26.8 Å². The number of rotatable bonds is 5. The lowest BCUT2D eigenvalue weighted by Gasteiger charge is -2.45. The van der Waals surface area contributed by atoms with Crippen molar-refractivity contribution in [3.8, 4) is 0 Å². The first-order chi connectivity index (χ1) is 23.8. The molecule has 0 aliphatic carbocycles. The van der Waals surface area contributed by atoms with Crippen LogP contribution in [0, 0.1) is 0 Å². The van der Waals surface area contributed by atoms with Crippen LogP contribution in [0.1, 0.15) is 55.2 Å². The Morgan fingerprint density at radius 3 is 2.34 bits per heavy atom. The van der Waals surface area contributed by atoms with Crippen LogP contribution in [0.4, 0.5) is 34.1 Å². The summed E-state index contributed by atoms with van der Waals surface area (Å²) >= 11 is 6.12. The van der Waals surface area contributed by atoms with Gasteiger partial charge in [0.05, 0.1) is 22.0 Å². The number of fused-ring (bicyclic) bond motifs is 4. The molecule has 0 aromatic heterocycles. The highest BCUT2D eigenvalue weighted by molar-refractivity contribution is 6.33. The Kier molecular flexibility index (Phi) is 9.31. The highest BCUT2D eigenvalue weighted by atomic mass is 35.5. The SMILES string of the molecule is CN1C2CCC1CC(N1CCN(C(=O)[C@@H](Cc3cc(Cl)c(N)c(C(F)(F)F)c3)OC(=O)N3CCC4(CC3)OC(=O)Nc3ccccc34)CC1)C2. The van der Waals surface area contributed by atoms with Gasteiger partial charge >= 0.3 is 18.4 Å². The zero-order chi connectivity index (χ0) is 35.4. The number of nitrogens with one attached hydrogen (secondary N) is 1. The minimum Gasteiger partial charge on any atom is -0.438 e. The number of para-hydroxylation sites is 1. The van der Waals surface area contributed by atoms with Crippen LogP contribution in [0.5, 0.6) is 0 Å². The van der Waals surface area contributed by atoms with Crippen LogP contribution in [0.25, 0.3) is 0 Å². The quantitative estimate of drug-likeness (QED) is 0.400. The highest BCUT2D eigenvalue weighted by Crippen LogP contribution is 2.44. The number of alkyl halides is 3. The lowest BCUT2D eigenvalue weighted by molar-refractivity contribution is -0.143. The van der Waals surface area contributed by atoms with Crippen LogP contribution in [0.3, 0.4) is 0 Å². The van der Waals surface area contributed by atoms with Crippen molar-refractivity contribution in [2.75, 3.05) is 57.4 Å². The monoisotopic (exact) mass is 718 g/mol. The number of anilines is 2. The molecular weight excluding hydrogens is 677 g/mol. The minimum atomic E-state index is -4.77. The number of likely N-dealkylation sites (tertiary alicyclic amines) is 1. The molecule has 4 saturated heterocycles. The molecule has 15 heteroatoms. The van der Waals surface area contributed by atoms with Gasteiger partial charge in [-0.2, -0.15) is 13.2 Å². The van der Waals surface area contributed by atoms with E-state index in [1.165, 1.54) is 23.8 Å². The molecular formula is C35H42ClF3N6O5. The van der Waals surface area contributed by atoms with Crippen molar-refractivity contribution < 1.29 is 37.0 Å². The molecule has 11 nitrogen and oxygen atoms in total. The number of carbonyl (C=O) groups excluding carboxylic acids is 3. The van der Waals surface area contributed by atoms with Crippen LogP contribution >= 0.6 is 11.6 Å². The molecule has 0 radical (unpaired) electrons. The smallest absolute Gasteiger partial charge is 0.418 e. The summed E-state index contributed by atoms with van der Waals surface area (Å²) < 4.78 is 53.1. The Morgan fingerprint density at radius 2 is 1.68 bits per heavy atom. The summed E-state index contributed by atoms with van der Waals surface area (Å²) in [5.74, 6) is -0.474. The van der Waals surface area contributed by atoms with Crippen LogP contribution in [0.2, 0.25) is 5.02 Å². The average molecular weight is 719 g/mol. The number of amides is 3. The van der Waals surface area contributed by atoms with Crippen molar-refractivity contribution >= 4 is 41.1 Å². The number of carbonyl (C=O) groups is 3. The third-order valence-electron chi connectivity index (χ3n) is 11.4. The maximum Gasteiger partial charge on any atom is 0.418 e. The van der Waals surface area contributed by atoms with E-state index in [0.29, 0.717) is 62.8 Å². The largest absolute Gasteiger partial charge is 0.438 e. The first-order valence-electron chi connectivity index (χ1n) is 17.3. The second-order valence-electron chi connectivity index (χ2n) is 14.2.